The molecule has 0 saturated heterocycles. The smallest absolute Gasteiger partial charge is 0.303 e. The molecule has 2 heterocycles. The molecular formula is C24H23N5O5. The van der Waals surface area contributed by atoms with E-state index in [0.717, 1.165) is 10.9 Å². The first-order valence-corrected chi connectivity index (χ1v) is 10.7. The van der Waals surface area contributed by atoms with Crippen molar-refractivity contribution in [2.45, 2.75) is 39.3 Å². The normalized spacial score (nSPS) is 11.0. The van der Waals surface area contributed by atoms with Gasteiger partial charge in [0.2, 0.25) is 5.82 Å². The molecule has 0 unspecified atom stereocenters. The highest BCUT2D eigenvalue weighted by molar-refractivity contribution is 5.87. The maximum atomic E-state index is 10.8. The predicted molar refractivity (Wildman–Crippen MR) is 122 cm³/mol. The summed E-state index contributed by atoms with van der Waals surface area (Å²) in [6.07, 6.45) is 2.18. The molecule has 2 aromatic carbocycles. The minimum absolute atomic E-state index is 0.0585. The number of hydrogen-bond acceptors (Lipinski definition) is 8. The summed E-state index contributed by atoms with van der Waals surface area (Å²) in [6.45, 7) is 4.26. The fraction of sp³-hybridized carbons (Fsp3) is 0.292. The number of carbonyl (C=O) groups is 1. The fourth-order valence-corrected chi connectivity index (χ4v) is 3.57. The Morgan fingerprint density at radius 1 is 1.26 bits per heavy atom. The Kier molecular flexibility index (Phi) is 6.45. The molecule has 1 N–H and O–H groups in total. The van der Waals surface area contributed by atoms with Crippen molar-refractivity contribution in [3.05, 3.63) is 42.1 Å². The highest BCUT2D eigenvalue weighted by atomic mass is 16.5. The molecule has 34 heavy (non-hydrogen) atoms. The van der Waals surface area contributed by atoms with E-state index in [1.807, 2.05) is 26.0 Å². The Morgan fingerprint density at radius 3 is 2.79 bits per heavy atom. The number of fused-ring (bicyclic) bond motifs is 1. The van der Waals surface area contributed by atoms with Crippen LogP contribution < -0.4 is 9.47 Å². The number of benzene rings is 2. The van der Waals surface area contributed by atoms with E-state index in [-0.39, 0.29) is 18.4 Å². The molecule has 0 radical (unpaired) electrons. The third kappa shape index (κ3) is 4.68. The summed E-state index contributed by atoms with van der Waals surface area (Å²) in [5.74, 6) is 0.766. The second-order valence-corrected chi connectivity index (χ2v) is 7.89. The molecule has 4 aromatic rings. The standard InChI is InChI=1S/C24H23N5O5/c1-14(2)33-20-7-6-15(9-16(20)12-25)24-27-23(28-34-24)18-10-17-13-26-29(8-4-5-22(30)31)19(17)11-21(18)32-3/h6-7,9-11,13-14H,4-5,8H2,1-3H3,(H,30,31). The zero-order valence-electron chi connectivity index (χ0n) is 19.0. The molecule has 0 saturated carbocycles. The lowest BCUT2D eigenvalue weighted by Crippen LogP contribution is -2.06. The van der Waals surface area contributed by atoms with E-state index in [4.69, 9.17) is 19.1 Å². The Bertz CT molecular complexity index is 1380. The maximum absolute atomic E-state index is 10.8. The van der Waals surface area contributed by atoms with E-state index in [1.54, 1.807) is 36.2 Å². The van der Waals surface area contributed by atoms with Gasteiger partial charge in [-0.1, -0.05) is 5.16 Å². The van der Waals surface area contributed by atoms with Gasteiger partial charge in [-0.05, 0) is 44.5 Å². The molecule has 0 bridgehead atoms. The highest BCUT2D eigenvalue weighted by Crippen LogP contribution is 2.34. The summed E-state index contributed by atoms with van der Waals surface area (Å²) >= 11 is 0. The summed E-state index contributed by atoms with van der Waals surface area (Å²) in [6, 6.07) is 10.9. The van der Waals surface area contributed by atoms with Crippen LogP contribution in [0.1, 0.15) is 32.3 Å². The van der Waals surface area contributed by atoms with Crippen LogP contribution in [0.3, 0.4) is 0 Å². The molecule has 4 rings (SSSR count). The molecule has 0 amide bonds. The summed E-state index contributed by atoms with van der Waals surface area (Å²) in [4.78, 5) is 15.3. The van der Waals surface area contributed by atoms with Gasteiger partial charge in [0.15, 0.2) is 0 Å². The van der Waals surface area contributed by atoms with E-state index in [2.05, 4.69) is 21.3 Å². The van der Waals surface area contributed by atoms with Crippen molar-refractivity contribution in [2.24, 2.45) is 0 Å². The lowest BCUT2D eigenvalue weighted by Gasteiger charge is -2.11. The van der Waals surface area contributed by atoms with Crippen molar-refractivity contribution in [3.63, 3.8) is 0 Å². The average molecular weight is 461 g/mol. The average Bonchev–Trinajstić information content (AvgIpc) is 3.45. The summed E-state index contributed by atoms with van der Waals surface area (Å²) in [7, 11) is 1.55. The molecular weight excluding hydrogens is 438 g/mol. The number of aryl methyl sites for hydroxylation is 1. The number of methoxy groups -OCH3 is 1. The molecule has 10 nitrogen and oxygen atoms in total. The number of ether oxygens (including phenoxy) is 2. The number of carboxylic acid groups (broad SMARTS) is 1. The Balaban J connectivity index is 1.65. The second-order valence-electron chi connectivity index (χ2n) is 7.89. The van der Waals surface area contributed by atoms with Crippen LogP contribution in [0.4, 0.5) is 0 Å². The van der Waals surface area contributed by atoms with E-state index < -0.39 is 5.97 Å². The lowest BCUT2D eigenvalue weighted by molar-refractivity contribution is -0.137. The zero-order chi connectivity index (χ0) is 24.2. The number of hydrogen-bond donors (Lipinski definition) is 1. The quantitative estimate of drug-likeness (QED) is 0.387. The molecule has 0 aliphatic carbocycles. The van der Waals surface area contributed by atoms with Crippen LogP contribution >= 0.6 is 0 Å². The van der Waals surface area contributed by atoms with Crippen LogP contribution in [0.2, 0.25) is 0 Å². The highest BCUT2D eigenvalue weighted by Gasteiger charge is 2.18. The van der Waals surface area contributed by atoms with E-state index >= 15 is 0 Å². The van der Waals surface area contributed by atoms with E-state index in [9.17, 15) is 10.1 Å². The van der Waals surface area contributed by atoms with E-state index in [0.29, 0.717) is 47.0 Å². The molecule has 0 aliphatic rings. The van der Waals surface area contributed by atoms with Gasteiger partial charge in [-0.25, -0.2) is 0 Å². The monoisotopic (exact) mass is 461 g/mol. The van der Waals surface area contributed by atoms with Crippen molar-refractivity contribution in [2.75, 3.05) is 7.11 Å². The minimum Gasteiger partial charge on any atom is -0.496 e. The van der Waals surface area contributed by atoms with Gasteiger partial charge in [-0.2, -0.15) is 15.3 Å². The summed E-state index contributed by atoms with van der Waals surface area (Å²) in [5, 5.41) is 27.7. The van der Waals surface area contributed by atoms with Gasteiger partial charge in [0, 0.05) is 30.0 Å². The maximum Gasteiger partial charge on any atom is 0.303 e. The predicted octanol–water partition coefficient (Wildman–Crippen LogP) is 4.29. The molecule has 0 aliphatic heterocycles. The topological polar surface area (TPSA) is 136 Å². The van der Waals surface area contributed by atoms with E-state index in [1.165, 1.54) is 0 Å². The number of aliphatic carboxylic acids is 1. The van der Waals surface area contributed by atoms with Crippen LogP contribution in [0.5, 0.6) is 11.5 Å². The first kappa shape index (κ1) is 22.8. The molecule has 2 aromatic heterocycles. The second kappa shape index (κ2) is 9.62. The lowest BCUT2D eigenvalue weighted by atomic mass is 10.1. The van der Waals surface area contributed by atoms with Crippen molar-refractivity contribution in [3.8, 4) is 40.4 Å². The van der Waals surface area contributed by atoms with Gasteiger partial charge in [-0.3, -0.25) is 9.48 Å². The summed E-state index contributed by atoms with van der Waals surface area (Å²) < 4.78 is 18.5. The van der Waals surface area contributed by atoms with Gasteiger partial charge in [0.05, 0.1) is 36.1 Å². The first-order chi connectivity index (χ1) is 16.4. The van der Waals surface area contributed by atoms with Gasteiger partial charge in [0.1, 0.15) is 17.6 Å². The van der Waals surface area contributed by atoms with Crippen LogP contribution in [0.15, 0.2) is 41.1 Å². The largest absolute Gasteiger partial charge is 0.496 e. The number of nitriles is 1. The van der Waals surface area contributed by atoms with Crippen LogP contribution in [-0.4, -0.2) is 44.2 Å². The summed E-state index contributed by atoms with van der Waals surface area (Å²) in [5.41, 5.74) is 2.41. The van der Waals surface area contributed by atoms with Crippen LogP contribution in [-0.2, 0) is 11.3 Å². The van der Waals surface area contributed by atoms with Gasteiger partial charge >= 0.3 is 5.97 Å². The molecule has 0 fully saturated rings. The fourth-order valence-electron chi connectivity index (χ4n) is 3.57. The molecule has 0 atom stereocenters. The molecule has 174 valence electrons. The minimum atomic E-state index is -0.840. The Hall–Kier alpha value is -4.39. The Labute approximate surface area is 195 Å². The van der Waals surface area contributed by atoms with Crippen molar-refractivity contribution in [1.29, 1.82) is 5.26 Å². The SMILES string of the molecule is COc1cc2c(cnn2CCCC(=O)O)cc1-c1noc(-c2ccc(OC(C)C)c(C#N)c2)n1. The van der Waals surface area contributed by atoms with Crippen molar-refractivity contribution in [1.82, 2.24) is 19.9 Å². The number of nitrogens with zero attached hydrogens (tertiary/aromatic N) is 5. The van der Waals surface area contributed by atoms with Gasteiger partial charge in [-0.15, -0.1) is 0 Å². The van der Waals surface area contributed by atoms with Crippen molar-refractivity contribution >= 4 is 16.9 Å². The zero-order valence-corrected chi connectivity index (χ0v) is 19.0. The molecule has 10 heteroatoms. The van der Waals surface area contributed by atoms with Crippen molar-refractivity contribution < 1.29 is 23.9 Å². The Morgan fingerprint density at radius 2 is 2.09 bits per heavy atom. The third-order valence-corrected chi connectivity index (χ3v) is 5.10. The third-order valence-electron chi connectivity index (χ3n) is 5.10. The number of carboxylic acids is 1. The molecule has 0 spiro atoms. The first-order valence-electron chi connectivity index (χ1n) is 10.7. The van der Waals surface area contributed by atoms with Gasteiger partial charge < -0.3 is 19.1 Å². The number of rotatable bonds is 9. The van der Waals surface area contributed by atoms with Crippen LogP contribution in [0.25, 0.3) is 33.7 Å². The number of aromatic nitrogens is 4. The van der Waals surface area contributed by atoms with Crippen LogP contribution in [0, 0.1) is 11.3 Å². The van der Waals surface area contributed by atoms with Gasteiger partial charge in [0.25, 0.3) is 5.89 Å².